The molecule has 0 spiro atoms. The molecule has 0 unspecified atom stereocenters. The number of nitrogens with one attached hydrogen (secondary N) is 1. The lowest BCUT2D eigenvalue weighted by molar-refractivity contribution is 0.102. The number of amides is 1. The summed E-state index contributed by atoms with van der Waals surface area (Å²) >= 11 is 0. The molecule has 0 atom stereocenters. The number of rotatable bonds is 7. The number of carbonyl (C=O) groups excluding carboxylic acids is 1. The van der Waals surface area contributed by atoms with Crippen molar-refractivity contribution >= 4 is 11.6 Å². The number of hydrogen-bond donors (Lipinski definition) is 1. The van der Waals surface area contributed by atoms with E-state index in [2.05, 4.69) is 18.5 Å². The van der Waals surface area contributed by atoms with Crippen LogP contribution in [-0.2, 0) is 0 Å². The first-order valence-corrected chi connectivity index (χ1v) is 7.74. The minimum absolute atomic E-state index is 0.225. The normalized spacial score (nSPS) is 10.3. The summed E-state index contributed by atoms with van der Waals surface area (Å²) in [5.41, 5.74) is 2.05. The highest BCUT2D eigenvalue weighted by molar-refractivity contribution is 6.04. The zero-order chi connectivity index (χ0) is 18.2. The molecule has 0 saturated carbocycles. The summed E-state index contributed by atoms with van der Waals surface area (Å²) in [6.45, 7) is 9.50. The van der Waals surface area contributed by atoms with Gasteiger partial charge in [-0.1, -0.05) is 36.9 Å². The molecule has 0 aliphatic heterocycles. The van der Waals surface area contributed by atoms with Crippen molar-refractivity contribution in [1.82, 2.24) is 0 Å². The molecule has 2 aromatic rings. The van der Waals surface area contributed by atoms with Crippen LogP contribution in [0.4, 0.5) is 5.69 Å². The van der Waals surface area contributed by atoms with Gasteiger partial charge in [0.05, 0.1) is 7.11 Å². The zero-order valence-electron chi connectivity index (χ0n) is 14.4. The van der Waals surface area contributed by atoms with E-state index in [0.717, 1.165) is 5.57 Å². The van der Waals surface area contributed by atoms with Crippen LogP contribution in [0.15, 0.2) is 85.2 Å². The monoisotopic (exact) mass is 335 g/mol. The van der Waals surface area contributed by atoms with Crippen LogP contribution in [0.25, 0.3) is 0 Å². The lowest BCUT2D eigenvalue weighted by Crippen LogP contribution is -2.11. The molecule has 0 aromatic heterocycles. The lowest BCUT2D eigenvalue weighted by Gasteiger charge is -2.09. The highest BCUT2D eigenvalue weighted by Gasteiger charge is 2.08. The number of hydrogen-bond acceptors (Lipinski definition) is 3. The van der Waals surface area contributed by atoms with Crippen LogP contribution in [0, 0.1) is 0 Å². The van der Waals surface area contributed by atoms with Crippen LogP contribution in [0.3, 0.4) is 0 Å². The first-order valence-electron chi connectivity index (χ1n) is 7.74. The maximum Gasteiger partial charge on any atom is 0.255 e. The molecule has 0 heterocycles. The van der Waals surface area contributed by atoms with Crippen molar-refractivity contribution in [3.8, 4) is 11.5 Å². The molecule has 0 aliphatic rings. The van der Waals surface area contributed by atoms with Crippen LogP contribution < -0.4 is 14.8 Å². The van der Waals surface area contributed by atoms with Crippen molar-refractivity contribution in [2.24, 2.45) is 0 Å². The summed E-state index contributed by atoms with van der Waals surface area (Å²) in [5.74, 6) is 1.47. The fraction of sp³-hybridized carbons (Fsp3) is 0.0952. The van der Waals surface area contributed by atoms with E-state index in [1.165, 1.54) is 0 Å². The van der Waals surface area contributed by atoms with Gasteiger partial charge in [-0.05, 0) is 43.3 Å². The highest BCUT2D eigenvalue weighted by Crippen LogP contribution is 2.21. The average Bonchev–Trinajstić information content (AvgIpc) is 2.60. The van der Waals surface area contributed by atoms with E-state index < -0.39 is 0 Å². The maximum atomic E-state index is 12.3. The Bertz CT molecular complexity index is 821. The fourth-order valence-corrected chi connectivity index (χ4v) is 2.03. The van der Waals surface area contributed by atoms with Crippen molar-refractivity contribution in [2.45, 2.75) is 6.92 Å². The minimum atomic E-state index is -0.225. The van der Waals surface area contributed by atoms with Crippen LogP contribution >= 0.6 is 0 Å². The van der Waals surface area contributed by atoms with Gasteiger partial charge < -0.3 is 14.8 Å². The molecular weight excluding hydrogens is 314 g/mol. The van der Waals surface area contributed by atoms with E-state index in [-0.39, 0.29) is 5.91 Å². The van der Waals surface area contributed by atoms with Crippen molar-refractivity contribution < 1.29 is 14.3 Å². The lowest BCUT2D eigenvalue weighted by atomic mass is 10.2. The van der Waals surface area contributed by atoms with Crippen LogP contribution in [0.1, 0.15) is 17.3 Å². The predicted molar refractivity (Wildman–Crippen MR) is 101 cm³/mol. The highest BCUT2D eigenvalue weighted by atomic mass is 16.5. The Morgan fingerprint density at radius 2 is 1.76 bits per heavy atom. The molecule has 1 N–H and O–H groups in total. The summed E-state index contributed by atoms with van der Waals surface area (Å²) in [7, 11) is 1.56. The molecule has 0 aliphatic carbocycles. The van der Waals surface area contributed by atoms with E-state index >= 15 is 0 Å². The Hall–Kier alpha value is -3.27. The van der Waals surface area contributed by atoms with Gasteiger partial charge in [0.1, 0.15) is 17.3 Å². The second kappa shape index (κ2) is 8.55. The molecule has 0 saturated heterocycles. The van der Waals surface area contributed by atoms with Crippen LogP contribution in [0.2, 0.25) is 0 Å². The SMILES string of the molecule is C=C(C)/C=C\C(=C)Oc1cccc(NC(=O)c2cccc(OC)c2)c1. The number of ether oxygens (including phenoxy) is 2. The number of anilines is 1. The Morgan fingerprint density at radius 3 is 2.48 bits per heavy atom. The number of methoxy groups -OCH3 is 1. The van der Waals surface area contributed by atoms with E-state index in [1.807, 2.05) is 13.0 Å². The van der Waals surface area contributed by atoms with E-state index in [1.54, 1.807) is 61.7 Å². The molecule has 0 radical (unpaired) electrons. The summed E-state index contributed by atoms with van der Waals surface area (Å²) in [6.07, 6.45) is 3.56. The molecule has 0 bridgehead atoms. The average molecular weight is 335 g/mol. The van der Waals surface area contributed by atoms with Gasteiger partial charge in [0.15, 0.2) is 0 Å². The fourth-order valence-electron chi connectivity index (χ4n) is 2.03. The van der Waals surface area contributed by atoms with Crippen molar-refractivity contribution in [3.63, 3.8) is 0 Å². The largest absolute Gasteiger partial charge is 0.497 e. The van der Waals surface area contributed by atoms with Crippen molar-refractivity contribution in [3.05, 3.63) is 90.7 Å². The van der Waals surface area contributed by atoms with Gasteiger partial charge in [-0.15, -0.1) is 0 Å². The quantitative estimate of drug-likeness (QED) is 0.574. The minimum Gasteiger partial charge on any atom is -0.497 e. The van der Waals surface area contributed by atoms with Gasteiger partial charge >= 0.3 is 0 Å². The topological polar surface area (TPSA) is 47.6 Å². The maximum absolute atomic E-state index is 12.3. The first kappa shape index (κ1) is 18.1. The van der Waals surface area contributed by atoms with Gasteiger partial charge in [0.2, 0.25) is 0 Å². The second-order valence-electron chi connectivity index (χ2n) is 5.46. The molecule has 2 rings (SSSR count). The Morgan fingerprint density at radius 1 is 1.04 bits per heavy atom. The number of benzene rings is 2. The Balaban J connectivity index is 2.06. The summed E-state index contributed by atoms with van der Waals surface area (Å²) in [5, 5.41) is 2.84. The Kier molecular flexibility index (Phi) is 6.18. The second-order valence-corrected chi connectivity index (χ2v) is 5.46. The van der Waals surface area contributed by atoms with Crippen molar-refractivity contribution in [1.29, 1.82) is 0 Å². The first-order chi connectivity index (χ1) is 12.0. The van der Waals surface area contributed by atoms with E-state index in [0.29, 0.717) is 28.5 Å². The van der Waals surface area contributed by atoms with Gasteiger partial charge in [-0.2, -0.15) is 0 Å². The molecule has 0 fully saturated rings. The summed E-state index contributed by atoms with van der Waals surface area (Å²) < 4.78 is 10.8. The molecule has 25 heavy (non-hydrogen) atoms. The summed E-state index contributed by atoms with van der Waals surface area (Å²) in [6, 6.07) is 14.1. The van der Waals surface area contributed by atoms with Crippen LogP contribution in [-0.4, -0.2) is 13.0 Å². The third-order valence-corrected chi connectivity index (χ3v) is 3.23. The summed E-state index contributed by atoms with van der Waals surface area (Å²) in [4.78, 5) is 12.3. The molecular formula is C21H21NO3. The van der Waals surface area contributed by atoms with Gasteiger partial charge in [-0.3, -0.25) is 4.79 Å². The van der Waals surface area contributed by atoms with Gasteiger partial charge in [0, 0.05) is 17.3 Å². The Labute approximate surface area is 148 Å². The molecule has 4 heteroatoms. The molecule has 4 nitrogen and oxygen atoms in total. The van der Waals surface area contributed by atoms with Crippen molar-refractivity contribution in [2.75, 3.05) is 12.4 Å². The zero-order valence-corrected chi connectivity index (χ0v) is 14.4. The van der Waals surface area contributed by atoms with Crippen LogP contribution in [0.5, 0.6) is 11.5 Å². The predicted octanol–water partition coefficient (Wildman–Crippen LogP) is 4.97. The molecule has 2 aromatic carbocycles. The van der Waals surface area contributed by atoms with Gasteiger partial charge in [-0.25, -0.2) is 0 Å². The molecule has 1 amide bonds. The number of carbonyl (C=O) groups is 1. The van der Waals surface area contributed by atoms with E-state index in [9.17, 15) is 4.79 Å². The third kappa shape index (κ3) is 5.70. The van der Waals surface area contributed by atoms with E-state index in [4.69, 9.17) is 9.47 Å². The molecule has 128 valence electrons. The third-order valence-electron chi connectivity index (χ3n) is 3.23. The number of allylic oxidation sites excluding steroid dienone is 3. The standard InChI is InChI=1S/C21H21NO3/c1-15(2)11-12-16(3)25-20-10-6-8-18(14-20)22-21(23)17-7-5-9-19(13-17)24-4/h5-14H,1,3H2,2,4H3,(H,22,23)/b12-11-. The van der Waals surface area contributed by atoms with Gasteiger partial charge in [0.25, 0.3) is 5.91 Å². The smallest absolute Gasteiger partial charge is 0.255 e.